The first kappa shape index (κ1) is 13.0. The van der Waals surface area contributed by atoms with Gasteiger partial charge < -0.3 is 0 Å². The van der Waals surface area contributed by atoms with Crippen molar-refractivity contribution in [2.24, 2.45) is 0 Å². The van der Waals surface area contributed by atoms with E-state index in [0.29, 0.717) is 0 Å². The average molecular weight is 271 g/mol. The largest absolute Gasteiger partial charge is 0.253 e. The van der Waals surface area contributed by atoms with Crippen LogP contribution < -0.4 is 0 Å². The van der Waals surface area contributed by atoms with Gasteiger partial charge in [-0.1, -0.05) is 26.8 Å². The van der Waals surface area contributed by atoms with Crippen LogP contribution in [0.4, 0.5) is 0 Å². The van der Waals surface area contributed by atoms with Crippen LogP contribution in [0.5, 0.6) is 0 Å². The third-order valence-corrected chi connectivity index (χ3v) is 4.59. The minimum absolute atomic E-state index is 0.252. The number of thioether (sulfide) groups is 1. The summed E-state index contributed by atoms with van der Waals surface area (Å²) in [5.41, 5.74) is 3.96. The van der Waals surface area contributed by atoms with Gasteiger partial charge in [0.25, 0.3) is 0 Å². The minimum atomic E-state index is 0.252. The number of nitrogens with zero attached hydrogens (tertiary/aromatic N) is 1. The first-order chi connectivity index (χ1) is 9.01. The molecule has 0 bridgehead atoms. The molecular weight excluding hydrogens is 250 g/mol. The molecule has 1 aromatic carbocycles. The van der Waals surface area contributed by atoms with Crippen LogP contribution in [-0.4, -0.2) is 9.73 Å². The molecule has 0 atom stereocenters. The van der Waals surface area contributed by atoms with Crippen molar-refractivity contribution in [2.45, 2.75) is 56.1 Å². The second-order valence-corrected chi connectivity index (χ2v) is 8.27. The molecule has 100 valence electrons. The van der Waals surface area contributed by atoms with Crippen LogP contribution in [0, 0.1) is 0 Å². The number of hydrogen-bond acceptors (Lipinski definition) is 2. The summed E-state index contributed by atoms with van der Waals surface area (Å²) in [6.07, 6.45) is 4.97. The van der Waals surface area contributed by atoms with Crippen molar-refractivity contribution in [3.8, 4) is 0 Å². The molecule has 1 aliphatic carbocycles. The molecule has 19 heavy (non-hydrogen) atoms. The fourth-order valence-electron chi connectivity index (χ4n) is 2.69. The molecule has 0 aliphatic heterocycles. The summed E-state index contributed by atoms with van der Waals surface area (Å²) in [4.78, 5) is 6.22. The van der Waals surface area contributed by atoms with Crippen molar-refractivity contribution < 1.29 is 0 Å². The minimum Gasteiger partial charge on any atom is -0.253 e. The highest BCUT2D eigenvalue weighted by Crippen LogP contribution is 2.34. The molecule has 0 N–H and O–H groups in total. The van der Waals surface area contributed by atoms with Crippen LogP contribution in [0.1, 0.15) is 44.9 Å². The molecule has 1 heterocycles. The summed E-state index contributed by atoms with van der Waals surface area (Å²) < 4.78 is 0.252. The highest BCUT2D eigenvalue weighted by molar-refractivity contribution is 8.00. The Morgan fingerprint density at radius 2 is 1.84 bits per heavy atom. The van der Waals surface area contributed by atoms with E-state index < -0.39 is 0 Å². The zero-order valence-corrected chi connectivity index (χ0v) is 12.8. The predicted octanol–water partition coefficient (Wildman–Crippen LogP) is 5.00. The fourth-order valence-corrected chi connectivity index (χ4v) is 3.70. The van der Waals surface area contributed by atoms with E-state index in [-0.39, 0.29) is 4.75 Å². The Morgan fingerprint density at radius 3 is 2.63 bits per heavy atom. The van der Waals surface area contributed by atoms with Crippen LogP contribution in [0.2, 0.25) is 0 Å². The van der Waals surface area contributed by atoms with Crippen LogP contribution in [0.25, 0.3) is 10.9 Å². The van der Waals surface area contributed by atoms with Gasteiger partial charge in [-0.3, -0.25) is 4.98 Å². The van der Waals surface area contributed by atoms with Crippen LogP contribution in [-0.2, 0) is 12.8 Å². The van der Waals surface area contributed by atoms with E-state index in [1.807, 2.05) is 11.8 Å². The zero-order valence-electron chi connectivity index (χ0n) is 12.0. The third-order valence-electron chi connectivity index (χ3n) is 3.49. The normalized spacial score (nSPS) is 15.5. The number of pyridine rings is 1. The van der Waals surface area contributed by atoms with Crippen LogP contribution in [0.15, 0.2) is 29.2 Å². The highest BCUT2D eigenvalue weighted by Gasteiger charge is 2.14. The van der Waals surface area contributed by atoms with E-state index in [2.05, 4.69) is 45.0 Å². The molecule has 0 spiro atoms. The maximum Gasteiger partial charge on any atom is 0.0716 e. The SMILES string of the molecule is CC(C)(C)Sc1ccc2cc3c(nc2c1)CCCC3. The van der Waals surface area contributed by atoms with Crippen molar-refractivity contribution in [3.05, 3.63) is 35.5 Å². The van der Waals surface area contributed by atoms with E-state index in [1.165, 1.54) is 40.8 Å². The van der Waals surface area contributed by atoms with E-state index in [4.69, 9.17) is 4.98 Å². The van der Waals surface area contributed by atoms with Gasteiger partial charge in [-0.05, 0) is 49.4 Å². The molecule has 0 fully saturated rings. The molecule has 0 saturated carbocycles. The zero-order chi connectivity index (χ0) is 13.5. The number of fused-ring (bicyclic) bond motifs is 2. The van der Waals surface area contributed by atoms with Gasteiger partial charge in [0.2, 0.25) is 0 Å². The first-order valence-electron chi connectivity index (χ1n) is 7.13. The Hall–Kier alpha value is -1.02. The van der Waals surface area contributed by atoms with Gasteiger partial charge in [0, 0.05) is 20.7 Å². The van der Waals surface area contributed by atoms with Gasteiger partial charge in [-0.25, -0.2) is 0 Å². The average Bonchev–Trinajstić information content (AvgIpc) is 2.34. The fraction of sp³-hybridized carbons (Fsp3) is 0.471. The van der Waals surface area contributed by atoms with Crippen molar-refractivity contribution in [1.29, 1.82) is 0 Å². The van der Waals surface area contributed by atoms with Gasteiger partial charge in [0.1, 0.15) is 0 Å². The van der Waals surface area contributed by atoms with Gasteiger partial charge in [-0.15, -0.1) is 11.8 Å². The topological polar surface area (TPSA) is 12.9 Å². The second kappa shape index (κ2) is 4.82. The summed E-state index contributed by atoms with van der Waals surface area (Å²) in [6.45, 7) is 6.76. The maximum atomic E-state index is 4.89. The Kier molecular flexibility index (Phi) is 3.30. The van der Waals surface area contributed by atoms with E-state index in [9.17, 15) is 0 Å². The molecule has 1 aliphatic rings. The second-order valence-electron chi connectivity index (χ2n) is 6.37. The molecule has 0 saturated heterocycles. The first-order valence-corrected chi connectivity index (χ1v) is 7.94. The molecule has 0 unspecified atom stereocenters. The van der Waals surface area contributed by atoms with Crippen molar-refractivity contribution in [1.82, 2.24) is 4.98 Å². The third kappa shape index (κ3) is 2.94. The molecule has 2 aromatic rings. The lowest BCUT2D eigenvalue weighted by Crippen LogP contribution is -2.07. The van der Waals surface area contributed by atoms with Crippen molar-refractivity contribution in [2.75, 3.05) is 0 Å². The summed E-state index contributed by atoms with van der Waals surface area (Å²) in [5.74, 6) is 0. The Balaban J connectivity index is 2.03. The van der Waals surface area contributed by atoms with E-state index in [1.54, 1.807) is 0 Å². The molecule has 3 rings (SSSR count). The lowest BCUT2D eigenvalue weighted by atomic mass is 9.95. The van der Waals surface area contributed by atoms with Gasteiger partial charge in [-0.2, -0.15) is 0 Å². The van der Waals surface area contributed by atoms with E-state index >= 15 is 0 Å². The molecule has 0 amide bonds. The van der Waals surface area contributed by atoms with Gasteiger partial charge >= 0.3 is 0 Å². The molecule has 2 heteroatoms. The Morgan fingerprint density at radius 1 is 1.05 bits per heavy atom. The predicted molar refractivity (Wildman–Crippen MR) is 84.0 cm³/mol. The maximum absolute atomic E-state index is 4.89. The molecule has 0 radical (unpaired) electrons. The highest BCUT2D eigenvalue weighted by atomic mass is 32.2. The van der Waals surface area contributed by atoms with Crippen molar-refractivity contribution >= 4 is 22.7 Å². The Labute approximate surface area is 119 Å². The summed E-state index contributed by atoms with van der Waals surface area (Å²) in [5, 5.41) is 1.29. The van der Waals surface area contributed by atoms with Crippen LogP contribution >= 0.6 is 11.8 Å². The van der Waals surface area contributed by atoms with Crippen molar-refractivity contribution in [3.63, 3.8) is 0 Å². The number of aryl methyl sites for hydroxylation is 2. The number of hydrogen-bond donors (Lipinski definition) is 0. The van der Waals surface area contributed by atoms with Crippen LogP contribution in [0.3, 0.4) is 0 Å². The number of benzene rings is 1. The lowest BCUT2D eigenvalue weighted by molar-refractivity contribution is 0.671. The molecule has 1 nitrogen and oxygen atoms in total. The smallest absolute Gasteiger partial charge is 0.0716 e. The quantitative estimate of drug-likeness (QED) is 0.677. The Bertz CT molecular complexity index is 610. The summed E-state index contributed by atoms with van der Waals surface area (Å²) in [6, 6.07) is 9.06. The standard InChI is InChI=1S/C17H21NS/c1-17(2,3)19-14-9-8-13-10-12-6-4-5-7-15(12)18-16(13)11-14/h8-11H,4-7H2,1-3H3. The number of rotatable bonds is 1. The number of aromatic nitrogens is 1. The lowest BCUT2D eigenvalue weighted by Gasteiger charge is -2.19. The van der Waals surface area contributed by atoms with Gasteiger partial charge in [0.05, 0.1) is 5.52 Å². The van der Waals surface area contributed by atoms with Gasteiger partial charge in [0.15, 0.2) is 0 Å². The monoisotopic (exact) mass is 271 g/mol. The van der Waals surface area contributed by atoms with E-state index in [0.717, 1.165) is 11.9 Å². The summed E-state index contributed by atoms with van der Waals surface area (Å²) >= 11 is 1.91. The molecule has 1 aromatic heterocycles. The molecular formula is C17H21NS. The summed E-state index contributed by atoms with van der Waals surface area (Å²) in [7, 11) is 0.